The topological polar surface area (TPSA) is 73.9 Å². The number of H-pyrrole nitrogens is 1. The number of hydrogen-bond acceptors (Lipinski definition) is 4. The summed E-state index contributed by atoms with van der Waals surface area (Å²) < 4.78 is 0. The van der Waals surface area contributed by atoms with Crippen LogP contribution < -0.4 is 5.32 Å². The first-order chi connectivity index (χ1) is 10.1. The Balaban J connectivity index is 1.99. The molecule has 0 aromatic carbocycles. The first-order valence-electron chi connectivity index (χ1n) is 7.39. The highest BCUT2D eigenvalue weighted by Gasteiger charge is 2.26. The molecule has 3 heterocycles. The van der Waals surface area contributed by atoms with Crippen LogP contribution in [0.2, 0.25) is 0 Å². The Hall–Kier alpha value is -1.95. The van der Waals surface area contributed by atoms with E-state index in [1.165, 1.54) is 0 Å². The zero-order valence-electron chi connectivity index (χ0n) is 12.7. The summed E-state index contributed by atoms with van der Waals surface area (Å²) in [5.41, 5.74) is 3.04. The predicted molar refractivity (Wildman–Crippen MR) is 81.3 cm³/mol. The summed E-state index contributed by atoms with van der Waals surface area (Å²) in [6.07, 6.45) is 2.16. The van der Waals surface area contributed by atoms with E-state index in [0.29, 0.717) is 17.3 Å². The standard InChI is InChI=1S/C15H21N5O/c1-9-7-12(13-10(2)18-19-14(13)17-9)15(21)20-6-4-5-11(8-20)16-3/h7,11,16H,4-6,8H2,1-3H3,(H,17,18,19). The van der Waals surface area contributed by atoms with Gasteiger partial charge in [-0.2, -0.15) is 5.10 Å². The van der Waals surface area contributed by atoms with Crippen molar-refractivity contribution in [2.45, 2.75) is 32.7 Å². The Morgan fingerprint density at radius 3 is 3.05 bits per heavy atom. The molecule has 0 saturated carbocycles. The molecule has 21 heavy (non-hydrogen) atoms. The molecule has 0 spiro atoms. The first-order valence-corrected chi connectivity index (χ1v) is 7.39. The van der Waals surface area contributed by atoms with E-state index in [2.05, 4.69) is 20.5 Å². The minimum absolute atomic E-state index is 0.0787. The molecule has 0 radical (unpaired) electrons. The zero-order chi connectivity index (χ0) is 15.0. The third kappa shape index (κ3) is 2.51. The Bertz CT molecular complexity index is 678. The second-order valence-corrected chi connectivity index (χ2v) is 5.74. The van der Waals surface area contributed by atoms with Gasteiger partial charge in [0.05, 0.1) is 10.9 Å². The van der Waals surface area contributed by atoms with Gasteiger partial charge in [0.2, 0.25) is 0 Å². The lowest BCUT2D eigenvalue weighted by Gasteiger charge is -2.32. The maximum Gasteiger partial charge on any atom is 0.254 e. The number of rotatable bonds is 2. The summed E-state index contributed by atoms with van der Waals surface area (Å²) in [6, 6.07) is 2.25. The minimum atomic E-state index is 0.0787. The number of hydrogen-bond donors (Lipinski definition) is 2. The summed E-state index contributed by atoms with van der Waals surface area (Å²) in [5, 5.41) is 11.2. The number of aromatic nitrogens is 3. The molecule has 2 aromatic heterocycles. The zero-order valence-corrected chi connectivity index (χ0v) is 12.7. The van der Waals surface area contributed by atoms with Gasteiger partial charge in [0.25, 0.3) is 5.91 Å². The Labute approximate surface area is 123 Å². The van der Waals surface area contributed by atoms with Crippen LogP contribution in [0.4, 0.5) is 0 Å². The van der Waals surface area contributed by atoms with Crippen LogP contribution in [0, 0.1) is 13.8 Å². The number of likely N-dealkylation sites (N-methyl/N-ethyl adjacent to an activating group) is 1. The van der Waals surface area contributed by atoms with Gasteiger partial charge in [0.1, 0.15) is 0 Å². The fourth-order valence-electron chi connectivity index (χ4n) is 3.04. The quantitative estimate of drug-likeness (QED) is 0.875. The number of amides is 1. The van der Waals surface area contributed by atoms with Crippen molar-refractivity contribution in [1.82, 2.24) is 25.4 Å². The minimum Gasteiger partial charge on any atom is -0.337 e. The van der Waals surface area contributed by atoms with E-state index in [1.54, 1.807) is 0 Å². The van der Waals surface area contributed by atoms with Gasteiger partial charge in [-0.05, 0) is 39.8 Å². The molecule has 1 fully saturated rings. The Morgan fingerprint density at radius 1 is 1.48 bits per heavy atom. The highest BCUT2D eigenvalue weighted by Crippen LogP contribution is 2.23. The third-order valence-electron chi connectivity index (χ3n) is 4.18. The number of fused-ring (bicyclic) bond motifs is 1. The van der Waals surface area contributed by atoms with Crippen LogP contribution in [0.3, 0.4) is 0 Å². The van der Waals surface area contributed by atoms with Crippen molar-refractivity contribution in [2.24, 2.45) is 0 Å². The van der Waals surface area contributed by atoms with Crippen molar-refractivity contribution in [1.29, 1.82) is 0 Å². The molecule has 1 saturated heterocycles. The average Bonchev–Trinajstić information content (AvgIpc) is 2.87. The van der Waals surface area contributed by atoms with Gasteiger partial charge in [-0.3, -0.25) is 9.89 Å². The molecule has 1 amide bonds. The number of likely N-dealkylation sites (tertiary alicyclic amines) is 1. The van der Waals surface area contributed by atoms with Gasteiger partial charge in [-0.25, -0.2) is 4.98 Å². The average molecular weight is 287 g/mol. The number of aryl methyl sites for hydroxylation is 2. The number of aromatic amines is 1. The molecule has 1 atom stereocenters. The van der Waals surface area contributed by atoms with Crippen molar-refractivity contribution < 1.29 is 4.79 Å². The van der Waals surface area contributed by atoms with Crippen LogP contribution in [0.1, 0.15) is 34.6 Å². The molecule has 112 valence electrons. The van der Waals surface area contributed by atoms with E-state index in [0.717, 1.165) is 42.7 Å². The molecule has 6 nitrogen and oxygen atoms in total. The second kappa shape index (κ2) is 5.44. The molecular formula is C15H21N5O. The highest BCUT2D eigenvalue weighted by atomic mass is 16.2. The fraction of sp³-hybridized carbons (Fsp3) is 0.533. The van der Waals surface area contributed by atoms with Gasteiger partial charge >= 0.3 is 0 Å². The van der Waals surface area contributed by atoms with Crippen molar-refractivity contribution in [2.75, 3.05) is 20.1 Å². The van der Waals surface area contributed by atoms with Crippen molar-refractivity contribution in [3.05, 3.63) is 23.0 Å². The molecule has 1 unspecified atom stereocenters. The molecule has 2 aromatic rings. The second-order valence-electron chi connectivity index (χ2n) is 5.74. The van der Waals surface area contributed by atoms with E-state index in [4.69, 9.17) is 0 Å². The molecule has 0 aliphatic carbocycles. The molecule has 2 N–H and O–H groups in total. The van der Waals surface area contributed by atoms with E-state index in [-0.39, 0.29) is 5.91 Å². The molecule has 3 rings (SSSR count). The Kier molecular flexibility index (Phi) is 3.63. The summed E-state index contributed by atoms with van der Waals surface area (Å²) in [7, 11) is 1.95. The van der Waals surface area contributed by atoms with Crippen LogP contribution in [0.15, 0.2) is 6.07 Å². The first kappa shape index (κ1) is 14.0. The van der Waals surface area contributed by atoms with Crippen LogP contribution in [0.5, 0.6) is 0 Å². The monoisotopic (exact) mass is 287 g/mol. The van der Waals surface area contributed by atoms with E-state index < -0.39 is 0 Å². The molecule has 1 aliphatic rings. The number of carbonyl (C=O) groups excluding carboxylic acids is 1. The van der Waals surface area contributed by atoms with Gasteiger partial charge < -0.3 is 10.2 Å². The molecule has 1 aliphatic heterocycles. The van der Waals surface area contributed by atoms with Crippen molar-refractivity contribution in [3.8, 4) is 0 Å². The third-order valence-corrected chi connectivity index (χ3v) is 4.18. The largest absolute Gasteiger partial charge is 0.337 e. The normalized spacial score (nSPS) is 19.2. The summed E-state index contributed by atoms with van der Waals surface area (Å²) in [6.45, 7) is 5.40. The molecular weight excluding hydrogens is 266 g/mol. The maximum absolute atomic E-state index is 12.9. The lowest BCUT2D eigenvalue weighted by molar-refractivity contribution is 0.0700. The van der Waals surface area contributed by atoms with Crippen LogP contribution in [-0.4, -0.2) is 52.2 Å². The summed E-state index contributed by atoms with van der Waals surface area (Å²) in [5.74, 6) is 0.0787. The van der Waals surface area contributed by atoms with Crippen molar-refractivity contribution in [3.63, 3.8) is 0 Å². The molecule has 0 bridgehead atoms. The van der Waals surface area contributed by atoms with E-state index >= 15 is 0 Å². The summed E-state index contributed by atoms with van der Waals surface area (Å²) in [4.78, 5) is 19.2. The maximum atomic E-state index is 12.9. The van der Waals surface area contributed by atoms with E-state index in [1.807, 2.05) is 31.9 Å². The lowest BCUT2D eigenvalue weighted by Crippen LogP contribution is -2.47. The SMILES string of the molecule is CNC1CCCN(C(=O)c2cc(C)nc3n[nH]c(C)c23)C1. The number of carbonyl (C=O) groups is 1. The fourth-order valence-corrected chi connectivity index (χ4v) is 3.04. The van der Waals surface area contributed by atoms with Crippen molar-refractivity contribution >= 4 is 16.9 Å². The predicted octanol–water partition coefficient (Wildman–Crippen LogP) is 1.40. The van der Waals surface area contributed by atoms with Gasteiger partial charge in [0.15, 0.2) is 5.65 Å². The Morgan fingerprint density at radius 2 is 2.29 bits per heavy atom. The number of nitrogens with one attached hydrogen (secondary N) is 2. The molecule has 6 heteroatoms. The number of piperidine rings is 1. The number of pyridine rings is 1. The highest BCUT2D eigenvalue weighted by molar-refractivity contribution is 6.06. The summed E-state index contributed by atoms with van der Waals surface area (Å²) >= 11 is 0. The van der Waals surface area contributed by atoms with Crippen LogP contribution in [-0.2, 0) is 0 Å². The smallest absolute Gasteiger partial charge is 0.254 e. The van der Waals surface area contributed by atoms with Gasteiger partial charge in [-0.15, -0.1) is 0 Å². The van der Waals surface area contributed by atoms with Gasteiger partial charge in [0, 0.05) is 30.5 Å². The number of nitrogens with zero attached hydrogens (tertiary/aromatic N) is 3. The lowest BCUT2D eigenvalue weighted by atomic mass is 10.0. The van der Waals surface area contributed by atoms with E-state index in [9.17, 15) is 4.79 Å². The van der Waals surface area contributed by atoms with Crippen LogP contribution >= 0.6 is 0 Å². The van der Waals surface area contributed by atoms with Gasteiger partial charge in [-0.1, -0.05) is 0 Å². The van der Waals surface area contributed by atoms with Crippen LogP contribution in [0.25, 0.3) is 11.0 Å².